The van der Waals surface area contributed by atoms with Gasteiger partial charge in [-0.1, -0.05) is 13.8 Å². The van der Waals surface area contributed by atoms with Crippen molar-refractivity contribution in [3.63, 3.8) is 0 Å². The summed E-state index contributed by atoms with van der Waals surface area (Å²) in [6, 6.07) is 7.18. The predicted octanol–water partition coefficient (Wildman–Crippen LogP) is 0.348. The van der Waals surface area contributed by atoms with Crippen molar-refractivity contribution >= 4 is 0 Å². The number of aliphatic hydroxyl groups excluding tert-OH is 2. The highest BCUT2D eigenvalue weighted by Crippen LogP contribution is 2.17. The van der Waals surface area contributed by atoms with Gasteiger partial charge in [0.15, 0.2) is 0 Å². The van der Waals surface area contributed by atoms with Crippen molar-refractivity contribution in [2.24, 2.45) is 11.7 Å². The molecule has 0 saturated carbocycles. The molecule has 3 atom stereocenters. The van der Waals surface area contributed by atoms with E-state index in [0.717, 1.165) is 6.54 Å². The minimum absolute atomic E-state index is 0.0557. The standard InChI is InChI=1S/C19H35N3O4/c1-14(2)8-21-10-16(23)12-25-18-4-6-19(7-5-18)26-13-17(24)11-22-9-15(3)20/h4-7,14-17,21-24H,8-13,20H2,1-3H3. The van der Waals surface area contributed by atoms with Crippen LogP contribution < -0.4 is 25.8 Å². The molecule has 0 spiro atoms. The molecule has 0 aliphatic carbocycles. The average molecular weight is 370 g/mol. The molecule has 0 radical (unpaired) electrons. The average Bonchev–Trinajstić information content (AvgIpc) is 2.58. The van der Waals surface area contributed by atoms with E-state index in [0.29, 0.717) is 37.1 Å². The van der Waals surface area contributed by atoms with Crippen molar-refractivity contribution in [3.05, 3.63) is 24.3 Å². The van der Waals surface area contributed by atoms with Gasteiger partial charge in [-0.2, -0.15) is 0 Å². The molecule has 0 aliphatic heterocycles. The first-order chi connectivity index (χ1) is 12.4. The highest BCUT2D eigenvalue weighted by Gasteiger charge is 2.07. The molecule has 7 nitrogen and oxygen atoms in total. The van der Waals surface area contributed by atoms with Gasteiger partial charge >= 0.3 is 0 Å². The van der Waals surface area contributed by atoms with Crippen molar-refractivity contribution in [1.82, 2.24) is 10.6 Å². The molecule has 26 heavy (non-hydrogen) atoms. The SMILES string of the molecule is CC(C)CNCC(O)COc1ccc(OCC(O)CNCC(C)N)cc1. The lowest BCUT2D eigenvalue weighted by Crippen LogP contribution is -2.37. The van der Waals surface area contributed by atoms with Crippen LogP contribution in [0.5, 0.6) is 11.5 Å². The number of aliphatic hydroxyl groups is 2. The Morgan fingerprint density at radius 3 is 1.62 bits per heavy atom. The molecular weight excluding hydrogens is 334 g/mol. The van der Waals surface area contributed by atoms with E-state index in [1.807, 2.05) is 6.92 Å². The number of benzene rings is 1. The van der Waals surface area contributed by atoms with Gasteiger partial charge in [-0.15, -0.1) is 0 Å². The lowest BCUT2D eigenvalue weighted by atomic mass is 10.2. The second-order valence-electron chi connectivity index (χ2n) is 7.09. The minimum Gasteiger partial charge on any atom is -0.491 e. The van der Waals surface area contributed by atoms with Crippen molar-refractivity contribution in [2.75, 3.05) is 39.4 Å². The maximum atomic E-state index is 9.87. The van der Waals surface area contributed by atoms with Gasteiger partial charge in [-0.25, -0.2) is 0 Å². The summed E-state index contributed by atoms with van der Waals surface area (Å²) in [5.41, 5.74) is 5.63. The van der Waals surface area contributed by atoms with Gasteiger partial charge in [-0.05, 0) is 43.7 Å². The van der Waals surface area contributed by atoms with Gasteiger partial charge in [0.2, 0.25) is 0 Å². The van der Waals surface area contributed by atoms with Crippen molar-refractivity contribution in [3.8, 4) is 11.5 Å². The zero-order valence-electron chi connectivity index (χ0n) is 16.1. The van der Waals surface area contributed by atoms with Gasteiger partial charge in [-0.3, -0.25) is 0 Å². The predicted molar refractivity (Wildman–Crippen MR) is 104 cm³/mol. The van der Waals surface area contributed by atoms with E-state index in [1.165, 1.54) is 0 Å². The summed E-state index contributed by atoms with van der Waals surface area (Å²) in [5.74, 6) is 1.87. The highest BCUT2D eigenvalue weighted by atomic mass is 16.5. The van der Waals surface area contributed by atoms with Crippen LogP contribution in [0, 0.1) is 5.92 Å². The summed E-state index contributed by atoms with van der Waals surface area (Å²) in [6.45, 7) is 9.05. The fraction of sp³-hybridized carbons (Fsp3) is 0.684. The molecule has 0 aliphatic rings. The Morgan fingerprint density at radius 2 is 1.23 bits per heavy atom. The zero-order valence-corrected chi connectivity index (χ0v) is 16.1. The summed E-state index contributed by atoms with van der Waals surface area (Å²) in [5, 5.41) is 26.0. The van der Waals surface area contributed by atoms with Crippen molar-refractivity contribution < 1.29 is 19.7 Å². The molecule has 150 valence electrons. The molecule has 0 saturated heterocycles. The molecule has 1 aromatic rings. The molecule has 7 heteroatoms. The van der Waals surface area contributed by atoms with Crippen LogP contribution >= 0.6 is 0 Å². The Hall–Kier alpha value is -1.38. The Labute approximate surface area is 156 Å². The summed E-state index contributed by atoms with van der Waals surface area (Å²) in [7, 11) is 0. The van der Waals surface area contributed by atoms with Crippen LogP contribution in [0.2, 0.25) is 0 Å². The first-order valence-corrected chi connectivity index (χ1v) is 9.25. The summed E-state index contributed by atoms with van der Waals surface area (Å²) in [6.07, 6.45) is -1.15. The largest absolute Gasteiger partial charge is 0.491 e. The maximum absolute atomic E-state index is 9.87. The van der Waals surface area contributed by atoms with Gasteiger partial charge in [0.25, 0.3) is 0 Å². The Kier molecular flexibility index (Phi) is 11.2. The number of hydrogen-bond donors (Lipinski definition) is 5. The lowest BCUT2D eigenvalue weighted by Gasteiger charge is -2.15. The number of hydrogen-bond acceptors (Lipinski definition) is 7. The van der Waals surface area contributed by atoms with Crippen molar-refractivity contribution in [2.45, 2.75) is 39.0 Å². The van der Waals surface area contributed by atoms with E-state index in [1.54, 1.807) is 24.3 Å². The number of ether oxygens (including phenoxy) is 2. The monoisotopic (exact) mass is 369 g/mol. The third kappa shape index (κ3) is 11.3. The topological polar surface area (TPSA) is 109 Å². The molecule has 1 rings (SSSR count). The van der Waals surface area contributed by atoms with E-state index < -0.39 is 12.2 Å². The lowest BCUT2D eigenvalue weighted by molar-refractivity contribution is 0.104. The second kappa shape index (κ2) is 12.9. The van der Waals surface area contributed by atoms with E-state index in [4.69, 9.17) is 15.2 Å². The van der Waals surface area contributed by atoms with E-state index in [2.05, 4.69) is 24.5 Å². The van der Waals surface area contributed by atoms with E-state index in [9.17, 15) is 10.2 Å². The summed E-state index contributed by atoms with van der Waals surface area (Å²) in [4.78, 5) is 0. The zero-order chi connectivity index (χ0) is 19.4. The van der Waals surface area contributed by atoms with E-state index in [-0.39, 0.29) is 19.3 Å². The molecule has 0 bridgehead atoms. The third-order valence-corrected chi connectivity index (χ3v) is 3.49. The number of nitrogens with two attached hydrogens (primary N) is 1. The molecular formula is C19H35N3O4. The molecule has 1 aromatic carbocycles. The molecule has 6 N–H and O–H groups in total. The Bertz CT molecular complexity index is 425. The van der Waals surface area contributed by atoms with Crippen LogP contribution in [-0.4, -0.2) is 67.9 Å². The first-order valence-electron chi connectivity index (χ1n) is 9.25. The molecule has 0 heterocycles. The fourth-order valence-electron chi connectivity index (χ4n) is 2.15. The quantitative estimate of drug-likeness (QED) is 0.322. The highest BCUT2D eigenvalue weighted by molar-refractivity contribution is 5.31. The molecule has 0 fully saturated rings. The maximum Gasteiger partial charge on any atom is 0.119 e. The molecule has 0 amide bonds. The van der Waals surface area contributed by atoms with Gasteiger partial charge in [0, 0.05) is 25.7 Å². The smallest absolute Gasteiger partial charge is 0.119 e. The van der Waals surface area contributed by atoms with Crippen LogP contribution in [0.4, 0.5) is 0 Å². The van der Waals surface area contributed by atoms with Crippen LogP contribution in [0.25, 0.3) is 0 Å². The number of rotatable bonds is 14. The molecule has 0 aromatic heterocycles. The second-order valence-corrected chi connectivity index (χ2v) is 7.09. The fourth-order valence-corrected chi connectivity index (χ4v) is 2.15. The van der Waals surface area contributed by atoms with Gasteiger partial charge in [0.05, 0.1) is 0 Å². The van der Waals surface area contributed by atoms with Crippen molar-refractivity contribution in [1.29, 1.82) is 0 Å². The number of nitrogens with one attached hydrogen (secondary N) is 2. The van der Waals surface area contributed by atoms with Crippen LogP contribution in [-0.2, 0) is 0 Å². The minimum atomic E-state index is -0.599. The van der Waals surface area contributed by atoms with E-state index >= 15 is 0 Å². The van der Waals surface area contributed by atoms with Crippen LogP contribution in [0.15, 0.2) is 24.3 Å². The van der Waals surface area contributed by atoms with Crippen LogP contribution in [0.1, 0.15) is 20.8 Å². The van der Waals surface area contributed by atoms with Crippen LogP contribution in [0.3, 0.4) is 0 Å². The van der Waals surface area contributed by atoms with Gasteiger partial charge in [0.1, 0.15) is 36.9 Å². The summed E-state index contributed by atoms with van der Waals surface area (Å²) >= 11 is 0. The normalized spacial score (nSPS) is 14.9. The third-order valence-electron chi connectivity index (χ3n) is 3.49. The Balaban J connectivity index is 2.22. The molecule has 3 unspecified atom stereocenters. The Morgan fingerprint density at radius 1 is 0.808 bits per heavy atom. The summed E-state index contributed by atoms with van der Waals surface area (Å²) < 4.78 is 11.1. The first kappa shape index (κ1) is 22.7. The van der Waals surface area contributed by atoms with Gasteiger partial charge < -0.3 is 36.1 Å².